The minimum absolute atomic E-state index is 0.364. The third kappa shape index (κ3) is 5.24. The lowest BCUT2D eigenvalue weighted by Crippen LogP contribution is -2.29. The molecule has 0 radical (unpaired) electrons. The van der Waals surface area contributed by atoms with Crippen LogP contribution in [0.3, 0.4) is 0 Å². The van der Waals surface area contributed by atoms with Crippen molar-refractivity contribution in [1.29, 1.82) is 0 Å². The lowest BCUT2D eigenvalue weighted by Gasteiger charge is -2.08. The smallest absolute Gasteiger partial charge is 0.407 e. The first kappa shape index (κ1) is 13.4. The van der Waals surface area contributed by atoms with Gasteiger partial charge in [0.25, 0.3) is 0 Å². The van der Waals surface area contributed by atoms with Crippen LogP contribution in [0.15, 0.2) is 24.3 Å². The third-order valence-electron chi connectivity index (χ3n) is 2.33. The molecule has 0 bridgehead atoms. The third-order valence-corrected chi connectivity index (χ3v) is 2.33. The highest BCUT2D eigenvalue weighted by Gasteiger charge is 1.98. The number of anilines is 1. The average Bonchev–Trinajstić information content (AvgIpc) is 2.35. The maximum Gasteiger partial charge on any atom is 0.407 e. The standard InChI is InChI=1S/C13H20N2O2/c1-3-11-6-5-7-12(10-11)14-8-9-15-13(16)17-4-2/h5-7,10,14H,3-4,8-9H2,1-2H3,(H,15,16). The fourth-order valence-electron chi connectivity index (χ4n) is 1.45. The molecule has 0 atom stereocenters. The van der Waals surface area contributed by atoms with E-state index in [4.69, 9.17) is 4.74 Å². The number of amides is 1. The summed E-state index contributed by atoms with van der Waals surface area (Å²) in [6.07, 6.45) is 0.660. The van der Waals surface area contributed by atoms with E-state index in [9.17, 15) is 4.79 Å². The summed E-state index contributed by atoms with van der Waals surface area (Å²) in [6, 6.07) is 8.26. The number of aryl methyl sites for hydroxylation is 1. The molecule has 2 N–H and O–H groups in total. The van der Waals surface area contributed by atoms with Gasteiger partial charge in [-0.05, 0) is 31.0 Å². The summed E-state index contributed by atoms with van der Waals surface area (Å²) in [6.45, 7) is 5.55. The van der Waals surface area contributed by atoms with E-state index in [0.29, 0.717) is 19.7 Å². The average molecular weight is 236 g/mol. The maximum atomic E-state index is 11.0. The molecular weight excluding hydrogens is 216 g/mol. The highest BCUT2D eigenvalue weighted by atomic mass is 16.5. The number of carbonyl (C=O) groups excluding carboxylic acids is 1. The Morgan fingerprint density at radius 1 is 1.29 bits per heavy atom. The molecule has 0 aliphatic heterocycles. The van der Waals surface area contributed by atoms with Gasteiger partial charge in [-0.25, -0.2) is 4.79 Å². The van der Waals surface area contributed by atoms with Crippen LogP contribution in [0.1, 0.15) is 19.4 Å². The molecule has 0 saturated heterocycles. The number of rotatable bonds is 6. The molecule has 0 aliphatic rings. The molecule has 0 heterocycles. The molecule has 0 saturated carbocycles. The van der Waals surface area contributed by atoms with Crippen molar-refractivity contribution < 1.29 is 9.53 Å². The van der Waals surface area contributed by atoms with Crippen molar-refractivity contribution in [2.24, 2.45) is 0 Å². The monoisotopic (exact) mass is 236 g/mol. The molecule has 0 unspecified atom stereocenters. The van der Waals surface area contributed by atoms with Crippen LogP contribution in [0.5, 0.6) is 0 Å². The van der Waals surface area contributed by atoms with Crippen molar-refractivity contribution in [1.82, 2.24) is 5.32 Å². The van der Waals surface area contributed by atoms with E-state index in [1.165, 1.54) is 5.56 Å². The fraction of sp³-hybridized carbons (Fsp3) is 0.462. The number of hydrogen-bond donors (Lipinski definition) is 2. The predicted octanol–water partition coefficient (Wildman–Crippen LogP) is 2.41. The summed E-state index contributed by atoms with van der Waals surface area (Å²) >= 11 is 0. The summed E-state index contributed by atoms with van der Waals surface area (Å²) in [5.41, 5.74) is 2.38. The first-order chi connectivity index (χ1) is 8.26. The van der Waals surface area contributed by atoms with Crippen LogP contribution >= 0.6 is 0 Å². The molecule has 0 aliphatic carbocycles. The van der Waals surface area contributed by atoms with Gasteiger partial charge in [0.1, 0.15) is 0 Å². The molecular formula is C13H20N2O2. The molecule has 1 aromatic carbocycles. The molecule has 4 heteroatoms. The summed E-state index contributed by atoms with van der Waals surface area (Å²) < 4.78 is 4.75. The molecule has 94 valence electrons. The van der Waals surface area contributed by atoms with Gasteiger partial charge in [0.2, 0.25) is 0 Å². The number of ether oxygens (including phenoxy) is 1. The van der Waals surface area contributed by atoms with Crippen molar-refractivity contribution >= 4 is 11.8 Å². The number of alkyl carbamates (subject to hydrolysis) is 1. The van der Waals surface area contributed by atoms with E-state index in [-0.39, 0.29) is 6.09 Å². The zero-order valence-corrected chi connectivity index (χ0v) is 10.5. The molecule has 1 aromatic rings. The minimum Gasteiger partial charge on any atom is -0.450 e. The molecule has 17 heavy (non-hydrogen) atoms. The number of hydrogen-bond acceptors (Lipinski definition) is 3. The number of benzene rings is 1. The highest BCUT2D eigenvalue weighted by molar-refractivity contribution is 5.67. The summed E-state index contributed by atoms with van der Waals surface area (Å²) in [5, 5.41) is 5.91. The van der Waals surface area contributed by atoms with Crippen LogP contribution in [0.4, 0.5) is 10.5 Å². The second kappa shape index (κ2) is 7.54. The van der Waals surface area contributed by atoms with Gasteiger partial charge in [0.15, 0.2) is 0 Å². The van der Waals surface area contributed by atoms with Gasteiger partial charge < -0.3 is 15.4 Å². The van der Waals surface area contributed by atoms with E-state index in [2.05, 4.69) is 29.7 Å². The normalized spacial score (nSPS) is 9.76. The summed E-state index contributed by atoms with van der Waals surface area (Å²) in [5.74, 6) is 0. The van der Waals surface area contributed by atoms with E-state index in [1.54, 1.807) is 6.92 Å². The Balaban J connectivity index is 2.24. The van der Waals surface area contributed by atoms with E-state index in [1.807, 2.05) is 12.1 Å². The Hall–Kier alpha value is -1.71. The van der Waals surface area contributed by atoms with Gasteiger partial charge in [-0.1, -0.05) is 19.1 Å². The quantitative estimate of drug-likeness (QED) is 0.746. The van der Waals surface area contributed by atoms with Crippen molar-refractivity contribution in [2.75, 3.05) is 25.0 Å². The Labute approximate surface area is 102 Å². The van der Waals surface area contributed by atoms with Gasteiger partial charge in [0, 0.05) is 18.8 Å². The van der Waals surface area contributed by atoms with Gasteiger partial charge >= 0.3 is 6.09 Å². The van der Waals surface area contributed by atoms with E-state index in [0.717, 1.165) is 12.1 Å². The first-order valence-corrected chi connectivity index (χ1v) is 5.99. The lowest BCUT2D eigenvalue weighted by molar-refractivity contribution is 0.152. The predicted molar refractivity (Wildman–Crippen MR) is 69.3 cm³/mol. The second-order valence-corrected chi connectivity index (χ2v) is 3.63. The zero-order valence-electron chi connectivity index (χ0n) is 10.5. The van der Waals surface area contributed by atoms with Crippen LogP contribution in [0.25, 0.3) is 0 Å². The van der Waals surface area contributed by atoms with Gasteiger partial charge in [-0.3, -0.25) is 0 Å². The topological polar surface area (TPSA) is 50.4 Å². The number of carbonyl (C=O) groups is 1. The van der Waals surface area contributed by atoms with E-state index >= 15 is 0 Å². The second-order valence-electron chi connectivity index (χ2n) is 3.63. The van der Waals surface area contributed by atoms with Crippen LogP contribution in [-0.4, -0.2) is 25.8 Å². The van der Waals surface area contributed by atoms with Gasteiger partial charge in [-0.15, -0.1) is 0 Å². The van der Waals surface area contributed by atoms with Crippen LogP contribution < -0.4 is 10.6 Å². The largest absolute Gasteiger partial charge is 0.450 e. The summed E-state index contributed by atoms with van der Waals surface area (Å²) in [4.78, 5) is 11.0. The summed E-state index contributed by atoms with van der Waals surface area (Å²) in [7, 11) is 0. The Morgan fingerprint density at radius 3 is 2.82 bits per heavy atom. The molecule has 4 nitrogen and oxygen atoms in total. The van der Waals surface area contributed by atoms with Gasteiger partial charge in [-0.2, -0.15) is 0 Å². The minimum atomic E-state index is -0.364. The van der Waals surface area contributed by atoms with Crippen LogP contribution in [-0.2, 0) is 11.2 Å². The number of nitrogens with one attached hydrogen (secondary N) is 2. The molecule has 0 aromatic heterocycles. The Kier molecular flexibility index (Phi) is 5.93. The highest BCUT2D eigenvalue weighted by Crippen LogP contribution is 2.10. The lowest BCUT2D eigenvalue weighted by atomic mass is 10.1. The van der Waals surface area contributed by atoms with Gasteiger partial charge in [0.05, 0.1) is 6.61 Å². The SMILES string of the molecule is CCOC(=O)NCCNc1cccc(CC)c1. The first-order valence-electron chi connectivity index (χ1n) is 5.99. The van der Waals surface area contributed by atoms with Crippen LogP contribution in [0.2, 0.25) is 0 Å². The molecule has 0 fully saturated rings. The Morgan fingerprint density at radius 2 is 2.12 bits per heavy atom. The van der Waals surface area contributed by atoms with Crippen molar-refractivity contribution in [2.45, 2.75) is 20.3 Å². The maximum absolute atomic E-state index is 11.0. The molecule has 1 rings (SSSR count). The van der Waals surface area contributed by atoms with E-state index < -0.39 is 0 Å². The van der Waals surface area contributed by atoms with Crippen molar-refractivity contribution in [3.63, 3.8) is 0 Å². The van der Waals surface area contributed by atoms with Crippen molar-refractivity contribution in [3.05, 3.63) is 29.8 Å². The molecule has 1 amide bonds. The Bertz CT molecular complexity index is 353. The fourth-order valence-corrected chi connectivity index (χ4v) is 1.45. The van der Waals surface area contributed by atoms with Crippen LogP contribution in [0, 0.1) is 0 Å². The molecule has 0 spiro atoms. The zero-order chi connectivity index (χ0) is 12.5. The van der Waals surface area contributed by atoms with Crippen molar-refractivity contribution in [3.8, 4) is 0 Å².